The molecule has 2 aliphatic carbocycles. The van der Waals surface area contributed by atoms with Gasteiger partial charge in [-0.2, -0.15) is 0 Å². The fourth-order valence-corrected chi connectivity index (χ4v) is 6.31. The lowest BCUT2D eigenvalue weighted by Crippen LogP contribution is -2.36. The molecule has 2 aromatic carbocycles. The topological polar surface area (TPSA) is 64.6 Å². The number of allylic oxidation sites excluding steroid dienone is 4. The van der Waals surface area contributed by atoms with Crippen LogP contribution >= 0.6 is 38.5 Å². The molecule has 0 bridgehead atoms. The van der Waals surface area contributed by atoms with E-state index in [0.717, 1.165) is 67.4 Å². The van der Waals surface area contributed by atoms with Crippen molar-refractivity contribution in [2.24, 2.45) is 0 Å². The molecule has 0 unspecified atom stereocenters. The smallest absolute Gasteiger partial charge is 0.174 e. The number of nitrogens with one attached hydrogen (secondary N) is 1. The maximum atomic E-state index is 13.1. The average Bonchev–Trinajstić information content (AvgIpc) is 2.83. The number of Topliss-reactive ketones (excluding diaryl/α,β-unsaturated/α-hetero) is 2. The van der Waals surface area contributed by atoms with E-state index in [0.29, 0.717) is 30.9 Å². The number of halogens is 2. The van der Waals surface area contributed by atoms with Gasteiger partial charge in [0.25, 0.3) is 0 Å². The highest BCUT2D eigenvalue weighted by Gasteiger charge is 2.40. The molecule has 0 amide bonds. The Hall–Kier alpha value is -2.13. The molecule has 34 heavy (non-hydrogen) atoms. The number of carbonyl (C=O) groups is 2. The van der Waals surface area contributed by atoms with Gasteiger partial charge in [-0.25, -0.2) is 0 Å². The third-order valence-electron chi connectivity index (χ3n) is 6.71. The highest BCUT2D eigenvalue weighted by atomic mass is 127. The predicted molar refractivity (Wildman–Crippen MR) is 142 cm³/mol. The maximum absolute atomic E-state index is 13.1. The van der Waals surface area contributed by atoms with E-state index in [2.05, 4.69) is 43.8 Å². The van der Waals surface area contributed by atoms with Crippen LogP contribution in [0.3, 0.4) is 0 Å². The molecular weight excluding hydrogens is 609 g/mol. The summed E-state index contributed by atoms with van der Waals surface area (Å²) >= 11 is 5.82. The number of dihydropyridines is 1. The van der Waals surface area contributed by atoms with Crippen molar-refractivity contribution in [1.29, 1.82) is 0 Å². The average molecular weight is 634 g/mol. The van der Waals surface area contributed by atoms with Crippen molar-refractivity contribution in [3.8, 4) is 11.5 Å². The molecule has 0 fully saturated rings. The van der Waals surface area contributed by atoms with E-state index in [1.165, 1.54) is 0 Å². The summed E-state index contributed by atoms with van der Waals surface area (Å²) in [7, 11) is 1.62. The molecule has 176 valence electrons. The van der Waals surface area contributed by atoms with Crippen LogP contribution in [0.2, 0.25) is 0 Å². The molecule has 1 heterocycles. The van der Waals surface area contributed by atoms with Gasteiger partial charge < -0.3 is 14.8 Å². The normalized spacial score (nSPS) is 18.4. The third kappa shape index (κ3) is 4.33. The van der Waals surface area contributed by atoms with E-state index in [9.17, 15) is 9.59 Å². The number of rotatable bonds is 5. The lowest BCUT2D eigenvalue weighted by Gasteiger charge is -2.37. The fourth-order valence-electron chi connectivity index (χ4n) is 5.13. The lowest BCUT2D eigenvalue weighted by molar-refractivity contribution is -0.116. The number of hydrogen-bond donors (Lipinski definition) is 1. The van der Waals surface area contributed by atoms with E-state index in [-0.39, 0.29) is 17.5 Å². The fraction of sp³-hybridized carbons (Fsp3) is 0.333. The molecule has 0 atom stereocenters. The van der Waals surface area contributed by atoms with Crippen LogP contribution in [0.1, 0.15) is 55.6 Å². The van der Waals surface area contributed by atoms with E-state index in [1.807, 2.05) is 36.4 Å². The van der Waals surface area contributed by atoms with Gasteiger partial charge in [0.2, 0.25) is 0 Å². The molecule has 2 aromatic rings. The first-order chi connectivity index (χ1) is 16.5. The Morgan fingerprint density at radius 2 is 1.65 bits per heavy atom. The maximum Gasteiger partial charge on any atom is 0.174 e. The van der Waals surface area contributed by atoms with E-state index < -0.39 is 0 Å². The summed E-state index contributed by atoms with van der Waals surface area (Å²) in [5, 5.41) is 3.47. The van der Waals surface area contributed by atoms with Gasteiger partial charge in [0.1, 0.15) is 6.61 Å². The molecule has 7 heteroatoms. The minimum absolute atomic E-state index is 0.131. The standard InChI is InChI=1S/C27H25BrINO4/c1-33-23-13-16(12-18(29)27(23)34-14-15-6-2-3-7-17(15)28)24-25-19(8-4-10-21(25)31)30-20-9-5-11-22(32)26(20)24/h2-3,6-7,12-13,24,30H,4-5,8-11,14H2,1H3. The highest BCUT2D eigenvalue weighted by molar-refractivity contribution is 14.1. The summed E-state index contributed by atoms with van der Waals surface area (Å²) in [4.78, 5) is 26.2. The van der Waals surface area contributed by atoms with Crippen molar-refractivity contribution in [2.45, 2.75) is 51.0 Å². The Kier molecular flexibility index (Phi) is 6.84. The molecular formula is C27H25BrINO4. The molecule has 5 nitrogen and oxygen atoms in total. The number of carbonyl (C=O) groups excluding carboxylic acids is 2. The SMILES string of the molecule is COc1cc(C2C3=C(CCCC3=O)NC3=C2C(=O)CCC3)cc(I)c1OCc1ccccc1Br. The lowest BCUT2D eigenvalue weighted by atomic mass is 9.71. The molecule has 0 aromatic heterocycles. The van der Waals surface area contributed by atoms with Gasteiger partial charge in [0, 0.05) is 51.3 Å². The second kappa shape index (κ2) is 9.85. The Morgan fingerprint density at radius 1 is 1.00 bits per heavy atom. The Balaban J connectivity index is 1.57. The second-order valence-corrected chi connectivity index (χ2v) is 10.8. The highest BCUT2D eigenvalue weighted by Crippen LogP contribution is 2.47. The van der Waals surface area contributed by atoms with Gasteiger partial charge in [0.05, 0.1) is 10.7 Å². The van der Waals surface area contributed by atoms with Crippen molar-refractivity contribution in [3.05, 3.63) is 78.1 Å². The monoisotopic (exact) mass is 633 g/mol. The summed E-state index contributed by atoms with van der Waals surface area (Å²) in [6, 6.07) is 11.9. The second-order valence-electron chi connectivity index (χ2n) is 8.81. The Labute approximate surface area is 221 Å². The van der Waals surface area contributed by atoms with E-state index in [4.69, 9.17) is 9.47 Å². The number of ether oxygens (including phenoxy) is 2. The van der Waals surface area contributed by atoms with Gasteiger partial charge in [-0.15, -0.1) is 0 Å². The van der Waals surface area contributed by atoms with Crippen LogP contribution in [-0.4, -0.2) is 18.7 Å². The molecule has 0 saturated heterocycles. The van der Waals surface area contributed by atoms with Gasteiger partial charge in [-0.1, -0.05) is 34.1 Å². The quantitative estimate of drug-likeness (QED) is 0.389. The first kappa shape index (κ1) is 23.6. The summed E-state index contributed by atoms with van der Waals surface area (Å²) in [6.45, 7) is 0.391. The van der Waals surface area contributed by atoms with Crippen molar-refractivity contribution in [1.82, 2.24) is 5.32 Å². The zero-order valence-electron chi connectivity index (χ0n) is 18.9. The summed E-state index contributed by atoms with van der Waals surface area (Å²) in [6.07, 6.45) is 4.41. The van der Waals surface area contributed by atoms with E-state index >= 15 is 0 Å². The van der Waals surface area contributed by atoms with Crippen LogP contribution < -0.4 is 14.8 Å². The van der Waals surface area contributed by atoms with Crippen molar-refractivity contribution in [2.75, 3.05) is 7.11 Å². The molecule has 1 N–H and O–H groups in total. The number of ketones is 2. The largest absolute Gasteiger partial charge is 0.493 e. The van der Waals surface area contributed by atoms with Crippen molar-refractivity contribution in [3.63, 3.8) is 0 Å². The van der Waals surface area contributed by atoms with Crippen LogP contribution in [0, 0.1) is 3.57 Å². The molecule has 1 aliphatic heterocycles. The first-order valence-electron chi connectivity index (χ1n) is 11.5. The zero-order chi connectivity index (χ0) is 23.8. The van der Waals surface area contributed by atoms with Crippen molar-refractivity contribution < 1.29 is 19.1 Å². The van der Waals surface area contributed by atoms with Crippen LogP contribution in [0.15, 0.2) is 63.4 Å². The molecule has 3 aliphatic rings. The third-order valence-corrected chi connectivity index (χ3v) is 8.28. The first-order valence-corrected chi connectivity index (χ1v) is 13.4. The van der Waals surface area contributed by atoms with Crippen LogP contribution in [0.4, 0.5) is 0 Å². The van der Waals surface area contributed by atoms with Crippen LogP contribution in [0.5, 0.6) is 11.5 Å². The molecule has 0 saturated carbocycles. The number of benzene rings is 2. The van der Waals surface area contributed by atoms with Crippen LogP contribution in [0.25, 0.3) is 0 Å². The molecule has 0 radical (unpaired) electrons. The number of hydrogen-bond acceptors (Lipinski definition) is 5. The Bertz CT molecular complexity index is 1210. The van der Waals surface area contributed by atoms with E-state index in [1.54, 1.807) is 7.11 Å². The van der Waals surface area contributed by atoms with Crippen molar-refractivity contribution >= 4 is 50.1 Å². The summed E-state index contributed by atoms with van der Waals surface area (Å²) < 4.78 is 13.8. The minimum Gasteiger partial charge on any atom is -0.493 e. The molecule has 5 rings (SSSR count). The summed E-state index contributed by atoms with van der Waals surface area (Å²) in [5.41, 5.74) is 5.41. The Morgan fingerprint density at radius 3 is 2.26 bits per heavy atom. The van der Waals surface area contributed by atoms with Crippen LogP contribution in [-0.2, 0) is 16.2 Å². The number of methoxy groups -OCH3 is 1. The molecule has 0 spiro atoms. The van der Waals surface area contributed by atoms with Gasteiger partial charge in [-0.3, -0.25) is 9.59 Å². The zero-order valence-corrected chi connectivity index (χ0v) is 22.6. The van der Waals surface area contributed by atoms with Gasteiger partial charge in [-0.05, 0) is 72.0 Å². The van der Waals surface area contributed by atoms with Gasteiger partial charge >= 0.3 is 0 Å². The van der Waals surface area contributed by atoms with Gasteiger partial charge in [0.15, 0.2) is 23.1 Å². The predicted octanol–water partition coefficient (Wildman–Crippen LogP) is 6.34. The summed E-state index contributed by atoms with van der Waals surface area (Å²) in [5.74, 6) is 1.17. The minimum atomic E-state index is -0.355.